The van der Waals surface area contributed by atoms with Gasteiger partial charge in [-0.15, -0.1) is 0 Å². The molecule has 0 atom stereocenters. The van der Waals surface area contributed by atoms with Crippen LogP contribution in [0.3, 0.4) is 0 Å². The maximum atomic E-state index is 13.0. The molecule has 0 spiro atoms. The van der Waals surface area contributed by atoms with Crippen LogP contribution in [0.15, 0.2) is 59.6 Å². The minimum Gasteiger partial charge on any atom is -0.341 e. The van der Waals surface area contributed by atoms with Crippen molar-refractivity contribution in [3.63, 3.8) is 0 Å². The highest BCUT2D eigenvalue weighted by molar-refractivity contribution is 6.10. The van der Waals surface area contributed by atoms with Gasteiger partial charge in [-0.1, -0.05) is 0 Å². The van der Waals surface area contributed by atoms with Gasteiger partial charge in [0.1, 0.15) is 11.7 Å². The number of nitrogens with zero attached hydrogens (tertiary/aromatic N) is 3. The summed E-state index contributed by atoms with van der Waals surface area (Å²) in [6.07, 6.45) is -0.0817. The van der Waals surface area contributed by atoms with E-state index in [1.54, 1.807) is 23.2 Å². The van der Waals surface area contributed by atoms with Gasteiger partial charge in [0.15, 0.2) is 5.78 Å². The zero-order valence-corrected chi connectivity index (χ0v) is 13.4. The number of rotatable bonds is 2. The van der Waals surface area contributed by atoms with Gasteiger partial charge in [-0.2, -0.15) is 13.2 Å². The average Bonchev–Trinajstić information content (AvgIpc) is 3.11. The van der Waals surface area contributed by atoms with E-state index in [0.717, 1.165) is 12.1 Å². The molecule has 2 aromatic rings. The minimum atomic E-state index is -4.44. The summed E-state index contributed by atoms with van der Waals surface area (Å²) >= 11 is 0. The van der Waals surface area contributed by atoms with E-state index < -0.39 is 11.7 Å². The van der Waals surface area contributed by atoms with Crippen LogP contribution in [0.2, 0.25) is 0 Å². The molecule has 0 aliphatic carbocycles. The van der Waals surface area contributed by atoms with Crippen LogP contribution in [0.1, 0.15) is 21.5 Å². The van der Waals surface area contributed by atoms with E-state index >= 15 is 0 Å². The van der Waals surface area contributed by atoms with Crippen LogP contribution in [-0.2, 0) is 6.18 Å². The lowest BCUT2D eigenvalue weighted by molar-refractivity contribution is -0.137. The van der Waals surface area contributed by atoms with Crippen molar-refractivity contribution in [1.82, 2.24) is 9.88 Å². The number of aromatic nitrogens is 1. The fraction of sp³-hybridized carbons (Fsp3) is 0.167. The van der Waals surface area contributed by atoms with Gasteiger partial charge in [0.25, 0.3) is 0 Å². The van der Waals surface area contributed by atoms with Gasteiger partial charge >= 0.3 is 6.18 Å². The van der Waals surface area contributed by atoms with Crippen LogP contribution in [0.5, 0.6) is 0 Å². The van der Waals surface area contributed by atoms with Crippen molar-refractivity contribution in [3.8, 4) is 0 Å². The summed E-state index contributed by atoms with van der Waals surface area (Å²) in [6.45, 7) is 1.06. The van der Waals surface area contributed by atoms with E-state index in [1.807, 2.05) is 0 Å². The predicted molar refractivity (Wildman–Crippen MR) is 89.8 cm³/mol. The van der Waals surface area contributed by atoms with Crippen molar-refractivity contribution in [1.29, 1.82) is 0 Å². The second kappa shape index (κ2) is 5.98. The summed E-state index contributed by atoms with van der Waals surface area (Å²) in [5.41, 5.74) is 0.506. The summed E-state index contributed by atoms with van der Waals surface area (Å²) in [4.78, 5) is 22.5. The van der Waals surface area contributed by atoms with Crippen molar-refractivity contribution in [3.05, 3.63) is 71.3 Å². The molecular formula is C18H13F3N4O. The minimum absolute atomic E-state index is 0.280. The summed E-state index contributed by atoms with van der Waals surface area (Å²) in [5.74, 6) is 0.682. The van der Waals surface area contributed by atoms with Crippen molar-refractivity contribution in [2.75, 3.05) is 18.4 Å². The summed E-state index contributed by atoms with van der Waals surface area (Å²) in [5, 5.41) is 2.95. The fourth-order valence-electron chi connectivity index (χ4n) is 2.97. The number of amidine groups is 1. The third-order valence-electron chi connectivity index (χ3n) is 4.20. The van der Waals surface area contributed by atoms with Gasteiger partial charge in [-0.3, -0.25) is 14.8 Å². The average molecular weight is 358 g/mol. The normalized spacial score (nSPS) is 17.4. The van der Waals surface area contributed by atoms with Gasteiger partial charge in [0.2, 0.25) is 0 Å². The van der Waals surface area contributed by atoms with Crippen LogP contribution in [0.25, 0.3) is 0 Å². The van der Waals surface area contributed by atoms with Gasteiger partial charge < -0.3 is 10.2 Å². The lowest BCUT2D eigenvalue weighted by Gasteiger charge is -2.31. The molecule has 0 radical (unpaired) electrons. The molecule has 0 bridgehead atoms. The Hall–Kier alpha value is -3.16. The van der Waals surface area contributed by atoms with E-state index in [9.17, 15) is 18.0 Å². The number of halogens is 3. The summed E-state index contributed by atoms with van der Waals surface area (Å²) < 4.78 is 39.0. The smallest absolute Gasteiger partial charge is 0.341 e. The van der Waals surface area contributed by atoms with Gasteiger partial charge in [0.05, 0.1) is 17.8 Å². The number of carbonyl (C=O) groups is 1. The number of carbonyl (C=O) groups excluding carboxylic acids is 1. The number of fused-ring (bicyclic) bond motifs is 3. The standard InChI is InChI=1S/C18H13F3N4O/c19-18(20,21)12-3-4-13-14(8-12)24-16(25-7-6-23-17(13)25)9-15(26)11-2-1-5-22-10-11/h1-5,8-10,24H,6-7H2/b16-9+. The van der Waals surface area contributed by atoms with Crippen molar-refractivity contribution in [2.24, 2.45) is 4.99 Å². The first-order chi connectivity index (χ1) is 12.4. The second-order valence-electron chi connectivity index (χ2n) is 5.88. The Kier molecular flexibility index (Phi) is 3.75. The molecule has 4 rings (SSSR count). The first kappa shape index (κ1) is 16.3. The third-order valence-corrected chi connectivity index (χ3v) is 4.20. The molecule has 26 heavy (non-hydrogen) atoms. The van der Waals surface area contributed by atoms with E-state index in [4.69, 9.17) is 0 Å². The Balaban J connectivity index is 1.74. The Labute approximate surface area is 146 Å². The quantitative estimate of drug-likeness (QED) is 0.661. The highest BCUT2D eigenvalue weighted by atomic mass is 19.4. The number of allylic oxidation sites excluding steroid dienone is 1. The molecule has 1 aromatic carbocycles. The molecular weight excluding hydrogens is 345 g/mol. The highest BCUT2D eigenvalue weighted by Gasteiger charge is 2.34. The first-order valence-corrected chi connectivity index (χ1v) is 7.90. The molecule has 0 saturated heterocycles. The fourth-order valence-corrected chi connectivity index (χ4v) is 2.97. The molecule has 1 N–H and O–H groups in total. The van der Waals surface area contributed by atoms with Crippen molar-refractivity contribution in [2.45, 2.75) is 6.18 Å². The highest BCUT2D eigenvalue weighted by Crippen LogP contribution is 2.36. The number of hydrogen-bond donors (Lipinski definition) is 1. The summed E-state index contributed by atoms with van der Waals surface area (Å²) in [6, 6.07) is 6.75. The number of alkyl halides is 3. The third kappa shape index (κ3) is 2.83. The Morgan fingerprint density at radius 3 is 2.85 bits per heavy atom. The lowest BCUT2D eigenvalue weighted by atomic mass is 10.0. The number of ketones is 1. The predicted octanol–water partition coefficient (Wildman–Crippen LogP) is 3.31. The number of hydrogen-bond acceptors (Lipinski definition) is 5. The SMILES string of the molecule is O=C(/C=C1\Nc2cc(C(F)(F)F)ccc2C2=NCCN21)c1cccnc1. The van der Waals surface area contributed by atoms with Crippen LogP contribution in [0.4, 0.5) is 18.9 Å². The zero-order chi connectivity index (χ0) is 18.3. The largest absolute Gasteiger partial charge is 0.416 e. The van der Waals surface area contributed by atoms with Crippen molar-refractivity contribution < 1.29 is 18.0 Å². The number of nitrogens with one attached hydrogen (secondary N) is 1. The molecule has 0 fully saturated rings. The van der Waals surface area contributed by atoms with E-state index in [-0.39, 0.29) is 11.5 Å². The Morgan fingerprint density at radius 2 is 2.12 bits per heavy atom. The molecule has 0 saturated carbocycles. The van der Waals surface area contributed by atoms with Crippen LogP contribution in [0, 0.1) is 0 Å². The monoisotopic (exact) mass is 358 g/mol. The topological polar surface area (TPSA) is 57.6 Å². The van der Waals surface area contributed by atoms with E-state index in [0.29, 0.717) is 35.9 Å². The molecule has 2 aliphatic rings. The number of aliphatic imine (C=N–C) groups is 1. The zero-order valence-electron chi connectivity index (χ0n) is 13.4. The molecule has 0 unspecified atom stereocenters. The Bertz CT molecular complexity index is 935. The number of benzene rings is 1. The molecule has 2 aliphatic heterocycles. The molecule has 132 valence electrons. The van der Waals surface area contributed by atoms with Crippen LogP contribution < -0.4 is 5.32 Å². The molecule has 3 heterocycles. The molecule has 1 aromatic heterocycles. The van der Waals surface area contributed by atoms with Crippen LogP contribution >= 0.6 is 0 Å². The van der Waals surface area contributed by atoms with E-state index in [2.05, 4.69) is 15.3 Å². The molecule has 0 amide bonds. The molecule has 5 nitrogen and oxygen atoms in total. The van der Waals surface area contributed by atoms with E-state index in [1.165, 1.54) is 18.3 Å². The number of anilines is 1. The second-order valence-corrected chi connectivity index (χ2v) is 5.88. The van der Waals surface area contributed by atoms with Crippen LogP contribution in [-0.4, -0.2) is 34.6 Å². The number of pyridine rings is 1. The summed E-state index contributed by atoms with van der Waals surface area (Å²) in [7, 11) is 0. The van der Waals surface area contributed by atoms with Crippen molar-refractivity contribution >= 4 is 17.3 Å². The lowest BCUT2D eigenvalue weighted by Crippen LogP contribution is -2.36. The first-order valence-electron chi connectivity index (χ1n) is 7.90. The maximum Gasteiger partial charge on any atom is 0.416 e. The molecule has 8 heteroatoms. The van der Waals surface area contributed by atoms with Gasteiger partial charge in [0, 0.05) is 36.1 Å². The Morgan fingerprint density at radius 1 is 1.27 bits per heavy atom. The van der Waals surface area contributed by atoms with Gasteiger partial charge in [-0.25, -0.2) is 0 Å². The maximum absolute atomic E-state index is 13.0. The van der Waals surface area contributed by atoms with Gasteiger partial charge in [-0.05, 0) is 30.3 Å².